The molecular formula is C12H13BrClFN2O. The molecule has 1 fully saturated rings. The number of hydrogen-bond acceptors (Lipinski definition) is 2. The van der Waals surface area contributed by atoms with E-state index in [0.29, 0.717) is 16.7 Å². The maximum absolute atomic E-state index is 13.1. The van der Waals surface area contributed by atoms with Crippen LogP contribution in [0.5, 0.6) is 0 Å². The lowest BCUT2D eigenvalue weighted by Crippen LogP contribution is -2.28. The summed E-state index contributed by atoms with van der Waals surface area (Å²) in [4.78, 5) is 12.1. The zero-order valence-corrected chi connectivity index (χ0v) is 12.1. The molecule has 0 bridgehead atoms. The van der Waals surface area contributed by atoms with Gasteiger partial charge in [0.25, 0.3) is 0 Å². The lowest BCUT2D eigenvalue weighted by molar-refractivity contribution is -0.120. The van der Waals surface area contributed by atoms with Crippen LogP contribution in [-0.4, -0.2) is 19.0 Å². The molecule has 0 aromatic heterocycles. The smallest absolute Gasteiger partial charge is 0.229 e. The molecule has 98 valence electrons. The van der Waals surface area contributed by atoms with Crippen molar-refractivity contribution in [2.45, 2.75) is 6.92 Å². The van der Waals surface area contributed by atoms with E-state index in [4.69, 9.17) is 11.6 Å². The second kappa shape index (κ2) is 5.55. The molecule has 2 atom stereocenters. The number of anilines is 1. The topological polar surface area (TPSA) is 41.1 Å². The number of carbonyl (C=O) groups is 1. The summed E-state index contributed by atoms with van der Waals surface area (Å²) in [5, 5.41) is 6.10. The van der Waals surface area contributed by atoms with Crippen molar-refractivity contribution in [1.82, 2.24) is 5.32 Å². The van der Waals surface area contributed by atoms with Gasteiger partial charge in [-0.3, -0.25) is 4.79 Å². The molecule has 6 heteroatoms. The van der Waals surface area contributed by atoms with Crippen molar-refractivity contribution in [2.75, 3.05) is 18.4 Å². The summed E-state index contributed by atoms with van der Waals surface area (Å²) in [6.45, 7) is 3.51. The van der Waals surface area contributed by atoms with Gasteiger partial charge in [0, 0.05) is 11.0 Å². The molecule has 1 heterocycles. The normalized spacial score (nSPS) is 23.1. The average molecular weight is 336 g/mol. The Hall–Kier alpha value is -0.650. The number of nitrogens with one attached hydrogen (secondary N) is 2. The van der Waals surface area contributed by atoms with Crippen molar-refractivity contribution in [3.8, 4) is 0 Å². The van der Waals surface area contributed by atoms with Crippen LogP contribution in [0.3, 0.4) is 0 Å². The van der Waals surface area contributed by atoms with Gasteiger partial charge in [0.1, 0.15) is 5.82 Å². The van der Waals surface area contributed by atoms with Crippen LogP contribution in [0.2, 0.25) is 5.02 Å². The Morgan fingerprint density at radius 1 is 1.56 bits per heavy atom. The summed E-state index contributed by atoms with van der Waals surface area (Å²) in [6, 6.07) is 2.45. The number of halogens is 3. The van der Waals surface area contributed by atoms with E-state index in [9.17, 15) is 9.18 Å². The summed E-state index contributed by atoms with van der Waals surface area (Å²) in [7, 11) is 0. The monoisotopic (exact) mass is 334 g/mol. The van der Waals surface area contributed by atoms with Gasteiger partial charge in [0.15, 0.2) is 0 Å². The molecule has 2 N–H and O–H groups in total. The molecule has 18 heavy (non-hydrogen) atoms. The lowest BCUT2D eigenvalue weighted by atomic mass is 9.97. The van der Waals surface area contributed by atoms with Crippen molar-refractivity contribution in [3.63, 3.8) is 0 Å². The van der Waals surface area contributed by atoms with Crippen molar-refractivity contribution in [3.05, 3.63) is 27.4 Å². The van der Waals surface area contributed by atoms with Gasteiger partial charge < -0.3 is 10.6 Å². The molecule has 0 radical (unpaired) electrons. The highest BCUT2D eigenvalue weighted by Gasteiger charge is 2.30. The highest BCUT2D eigenvalue weighted by molar-refractivity contribution is 9.10. The largest absolute Gasteiger partial charge is 0.324 e. The summed E-state index contributed by atoms with van der Waals surface area (Å²) in [5.74, 6) is -0.344. The Morgan fingerprint density at radius 3 is 2.83 bits per heavy atom. The van der Waals surface area contributed by atoms with Crippen molar-refractivity contribution >= 4 is 39.1 Å². The number of benzene rings is 1. The van der Waals surface area contributed by atoms with E-state index in [1.807, 2.05) is 6.92 Å². The third-order valence-corrected chi connectivity index (χ3v) is 4.03. The number of carbonyl (C=O) groups excluding carboxylic acids is 1. The van der Waals surface area contributed by atoms with E-state index in [1.165, 1.54) is 12.1 Å². The highest BCUT2D eigenvalue weighted by Crippen LogP contribution is 2.32. The molecule has 2 rings (SSSR count). The van der Waals surface area contributed by atoms with Gasteiger partial charge >= 0.3 is 0 Å². The maximum atomic E-state index is 13.1. The molecular weight excluding hydrogens is 322 g/mol. The van der Waals surface area contributed by atoms with Crippen molar-refractivity contribution in [1.29, 1.82) is 0 Å². The van der Waals surface area contributed by atoms with Crippen LogP contribution < -0.4 is 10.6 Å². The predicted octanol–water partition coefficient (Wildman–Crippen LogP) is 3.04. The molecule has 3 nitrogen and oxygen atoms in total. The maximum Gasteiger partial charge on any atom is 0.229 e. The molecule has 1 aliphatic heterocycles. The van der Waals surface area contributed by atoms with Crippen LogP contribution in [0.1, 0.15) is 6.92 Å². The molecule has 1 aliphatic rings. The Morgan fingerprint density at radius 2 is 2.28 bits per heavy atom. The standard InChI is InChI=1S/C12H13BrClFN2O/c1-6-4-16-5-8(6)12(18)17-11-9(13)2-7(15)3-10(11)14/h2-3,6,8,16H,4-5H2,1H3,(H,17,18). The van der Waals surface area contributed by atoms with Gasteiger partial charge in [-0.1, -0.05) is 18.5 Å². The summed E-state index contributed by atoms with van der Waals surface area (Å²) in [5.41, 5.74) is 0.419. The minimum atomic E-state index is -0.444. The molecule has 2 unspecified atom stereocenters. The first-order chi connectivity index (χ1) is 8.49. The fourth-order valence-corrected chi connectivity index (χ4v) is 2.94. The van der Waals surface area contributed by atoms with Crippen LogP contribution >= 0.6 is 27.5 Å². The minimum absolute atomic E-state index is 0.0852. The molecule has 0 spiro atoms. The van der Waals surface area contributed by atoms with Gasteiger partial charge in [-0.05, 0) is 40.5 Å². The number of rotatable bonds is 2. The van der Waals surface area contributed by atoms with Crippen molar-refractivity contribution < 1.29 is 9.18 Å². The van der Waals surface area contributed by atoms with Gasteiger partial charge in [0.2, 0.25) is 5.91 Å². The second-order valence-corrected chi connectivity index (χ2v) is 5.74. The molecule has 1 amide bonds. The Balaban J connectivity index is 2.17. The Labute approximate surface area is 118 Å². The van der Waals surface area contributed by atoms with E-state index in [0.717, 1.165) is 6.54 Å². The molecule has 0 aliphatic carbocycles. The lowest BCUT2D eigenvalue weighted by Gasteiger charge is -2.16. The molecule has 0 saturated carbocycles. The minimum Gasteiger partial charge on any atom is -0.324 e. The number of hydrogen-bond donors (Lipinski definition) is 2. The van der Waals surface area contributed by atoms with E-state index in [2.05, 4.69) is 26.6 Å². The average Bonchev–Trinajstić information content (AvgIpc) is 2.69. The van der Waals surface area contributed by atoms with Crippen LogP contribution in [0.25, 0.3) is 0 Å². The third kappa shape index (κ3) is 2.84. The third-order valence-electron chi connectivity index (χ3n) is 3.11. The fourth-order valence-electron chi connectivity index (χ4n) is 2.04. The van der Waals surface area contributed by atoms with Crippen LogP contribution in [0.15, 0.2) is 16.6 Å². The number of amides is 1. The van der Waals surface area contributed by atoms with Gasteiger partial charge in [-0.2, -0.15) is 0 Å². The first kappa shape index (κ1) is 13.8. The molecule has 1 aromatic carbocycles. The first-order valence-corrected chi connectivity index (χ1v) is 6.82. The first-order valence-electron chi connectivity index (χ1n) is 5.65. The molecule has 1 saturated heterocycles. The van der Waals surface area contributed by atoms with E-state index >= 15 is 0 Å². The summed E-state index contributed by atoms with van der Waals surface area (Å²) in [6.07, 6.45) is 0. The SMILES string of the molecule is CC1CNCC1C(=O)Nc1c(Cl)cc(F)cc1Br. The van der Waals surface area contributed by atoms with Gasteiger partial charge in [-0.15, -0.1) is 0 Å². The van der Waals surface area contributed by atoms with E-state index in [1.54, 1.807) is 0 Å². The second-order valence-electron chi connectivity index (χ2n) is 4.48. The van der Waals surface area contributed by atoms with E-state index < -0.39 is 5.82 Å². The van der Waals surface area contributed by atoms with E-state index in [-0.39, 0.29) is 22.8 Å². The Kier molecular flexibility index (Phi) is 4.25. The predicted molar refractivity (Wildman–Crippen MR) is 73.3 cm³/mol. The van der Waals surface area contributed by atoms with Gasteiger partial charge in [0.05, 0.1) is 16.6 Å². The van der Waals surface area contributed by atoms with Crippen LogP contribution in [0, 0.1) is 17.7 Å². The van der Waals surface area contributed by atoms with Crippen molar-refractivity contribution in [2.24, 2.45) is 11.8 Å². The molecule has 1 aromatic rings. The Bertz CT molecular complexity index is 460. The van der Waals surface area contributed by atoms with Crippen LogP contribution in [0.4, 0.5) is 10.1 Å². The van der Waals surface area contributed by atoms with Crippen LogP contribution in [-0.2, 0) is 4.79 Å². The highest BCUT2D eigenvalue weighted by atomic mass is 79.9. The summed E-state index contributed by atoms with van der Waals surface area (Å²) >= 11 is 9.12. The zero-order chi connectivity index (χ0) is 13.3. The summed E-state index contributed by atoms with van der Waals surface area (Å²) < 4.78 is 13.5. The van der Waals surface area contributed by atoms with Gasteiger partial charge in [-0.25, -0.2) is 4.39 Å². The fraction of sp³-hybridized carbons (Fsp3) is 0.417. The zero-order valence-electron chi connectivity index (χ0n) is 9.77. The quantitative estimate of drug-likeness (QED) is 0.872.